The number of anilines is 1. The number of nitrogens with one attached hydrogen (secondary N) is 2. The highest BCUT2D eigenvalue weighted by atomic mass is 19.1. The van der Waals surface area contributed by atoms with Gasteiger partial charge < -0.3 is 24.8 Å². The third-order valence-corrected chi connectivity index (χ3v) is 6.28. The quantitative estimate of drug-likeness (QED) is 0.734. The van der Waals surface area contributed by atoms with Crippen molar-refractivity contribution >= 4 is 12.0 Å². The van der Waals surface area contributed by atoms with Crippen molar-refractivity contribution in [3.8, 4) is 11.3 Å². The second-order valence-corrected chi connectivity index (χ2v) is 8.55. The third kappa shape index (κ3) is 4.68. The minimum atomic E-state index is -0.449. The molecular weight excluding hydrogens is 415 g/mol. The molecule has 0 spiro atoms. The second-order valence-electron chi connectivity index (χ2n) is 8.55. The van der Waals surface area contributed by atoms with Crippen LogP contribution in [0, 0.1) is 5.82 Å². The molecule has 8 nitrogen and oxygen atoms in total. The van der Waals surface area contributed by atoms with Gasteiger partial charge in [0.1, 0.15) is 18.0 Å². The van der Waals surface area contributed by atoms with Gasteiger partial charge in [-0.15, -0.1) is 0 Å². The molecule has 3 fully saturated rings. The van der Waals surface area contributed by atoms with Crippen LogP contribution in [0.1, 0.15) is 32.1 Å². The minimum Gasteiger partial charge on any atom is -0.441 e. The highest BCUT2D eigenvalue weighted by molar-refractivity contribution is 5.68. The van der Waals surface area contributed by atoms with Crippen LogP contribution in [0.4, 0.5) is 15.1 Å². The molecule has 9 heteroatoms. The fraction of sp³-hybridized carbons (Fsp3) is 0.522. The molecule has 0 unspecified atom stereocenters. The van der Waals surface area contributed by atoms with Crippen molar-refractivity contribution in [1.82, 2.24) is 15.3 Å². The van der Waals surface area contributed by atoms with Gasteiger partial charge in [0.2, 0.25) is 5.95 Å². The molecule has 1 aromatic heterocycles. The van der Waals surface area contributed by atoms with E-state index in [1.807, 2.05) is 0 Å². The molecule has 3 aliphatic rings. The molecule has 2 aliphatic heterocycles. The fourth-order valence-electron chi connectivity index (χ4n) is 4.68. The average Bonchev–Trinajstić information content (AvgIpc) is 3.38. The van der Waals surface area contributed by atoms with Gasteiger partial charge in [-0.25, -0.2) is 19.2 Å². The number of nitrogens with zero attached hydrogens (tertiary/aromatic N) is 2. The molecule has 3 heterocycles. The van der Waals surface area contributed by atoms with Crippen LogP contribution in [0.2, 0.25) is 0 Å². The van der Waals surface area contributed by atoms with E-state index in [4.69, 9.17) is 14.2 Å². The van der Waals surface area contributed by atoms with Crippen molar-refractivity contribution in [1.29, 1.82) is 0 Å². The van der Waals surface area contributed by atoms with Gasteiger partial charge in [0.05, 0.1) is 24.9 Å². The van der Waals surface area contributed by atoms with Gasteiger partial charge in [-0.2, -0.15) is 0 Å². The average molecular weight is 442 g/mol. The van der Waals surface area contributed by atoms with Crippen LogP contribution in [-0.2, 0) is 14.2 Å². The summed E-state index contributed by atoms with van der Waals surface area (Å²) >= 11 is 0. The van der Waals surface area contributed by atoms with E-state index < -0.39 is 12.2 Å². The normalized spacial score (nSPS) is 27.7. The van der Waals surface area contributed by atoms with E-state index in [0.717, 1.165) is 25.7 Å². The first kappa shape index (κ1) is 21.1. The Bertz CT molecular complexity index is 955. The zero-order valence-corrected chi connectivity index (χ0v) is 17.7. The lowest BCUT2D eigenvalue weighted by Crippen LogP contribution is -2.42. The number of amides is 1. The topological polar surface area (TPSA) is 94.6 Å². The molecular formula is C23H27FN4O4. The van der Waals surface area contributed by atoms with Gasteiger partial charge >= 0.3 is 6.09 Å². The molecule has 32 heavy (non-hydrogen) atoms. The van der Waals surface area contributed by atoms with E-state index in [1.165, 1.54) is 18.6 Å². The molecule has 5 rings (SSSR count). The number of rotatable bonds is 5. The number of carbonyl (C=O) groups is 1. The summed E-state index contributed by atoms with van der Waals surface area (Å²) in [6.45, 7) is 0.669. The van der Waals surface area contributed by atoms with Crippen molar-refractivity contribution in [3.05, 3.63) is 42.3 Å². The van der Waals surface area contributed by atoms with Crippen LogP contribution in [0.25, 0.3) is 11.3 Å². The van der Waals surface area contributed by atoms with Gasteiger partial charge in [0, 0.05) is 17.8 Å². The van der Waals surface area contributed by atoms with Crippen molar-refractivity contribution in [2.75, 3.05) is 18.5 Å². The van der Waals surface area contributed by atoms with Crippen LogP contribution in [0.15, 0.2) is 36.5 Å². The largest absolute Gasteiger partial charge is 0.441 e. The number of hydrogen-bond donors (Lipinski definition) is 2. The Morgan fingerprint density at radius 3 is 2.78 bits per heavy atom. The zero-order chi connectivity index (χ0) is 21.9. The summed E-state index contributed by atoms with van der Waals surface area (Å²) in [5.74, 6) is 0.0876. The first-order valence-electron chi connectivity index (χ1n) is 11.2. The Kier molecular flexibility index (Phi) is 6.18. The maximum absolute atomic E-state index is 13.6. The monoisotopic (exact) mass is 442 g/mol. The molecule has 0 bridgehead atoms. The van der Waals surface area contributed by atoms with E-state index in [2.05, 4.69) is 20.6 Å². The number of fused-ring (bicyclic) bond motifs is 1. The molecule has 1 saturated carbocycles. The van der Waals surface area contributed by atoms with Crippen LogP contribution in [0.3, 0.4) is 0 Å². The lowest BCUT2D eigenvalue weighted by molar-refractivity contribution is 0.00314. The summed E-state index contributed by atoms with van der Waals surface area (Å²) in [5.41, 5.74) is 1.29. The van der Waals surface area contributed by atoms with Crippen molar-refractivity contribution in [2.45, 2.75) is 62.5 Å². The maximum atomic E-state index is 13.6. The standard InChI is InChI=1S/C23H27FN4O4/c24-15-6-4-5-14(11-15)17-9-10-25-22(27-17)28-18-12-30-21-19(13-31-20(18)21)32-23(29)26-16-7-2-1-3-8-16/h4-6,9-11,16,18-21H,1-3,7-8,12-13H2,(H,26,29)(H,25,27,28)/t18-,19+,20+,21+/m0/s1. The number of hydrogen-bond acceptors (Lipinski definition) is 7. The lowest BCUT2D eigenvalue weighted by Gasteiger charge is -2.24. The Morgan fingerprint density at radius 1 is 1.09 bits per heavy atom. The summed E-state index contributed by atoms with van der Waals surface area (Å²) in [5, 5.41) is 6.22. The van der Waals surface area contributed by atoms with Crippen LogP contribution in [-0.4, -0.2) is 59.7 Å². The Morgan fingerprint density at radius 2 is 1.94 bits per heavy atom. The van der Waals surface area contributed by atoms with Gasteiger partial charge in [-0.3, -0.25) is 0 Å². The second kappa shape index (κ2) is 9.38. The molecule has 1 amide bonds. The minimum absolute atomic E-state index is 0.183. The molecule has 1 aromatic carbocycles. The van der Waals surface area contributed by atoms with E-state index in [9.17, 15) is 9.18 Å². The highest BCUT2D eigenvalue weighted by Gasteiger charge is 2.49. The number of alkyl carbamates (subject to hydrolysis) is 1. The predicted octanol–water partition coefficient (Wildman–Crippen LogP) is 3.29. The number of ether oxygens (including phenoxy) is 3. The van der Waals surface area contributed by atoms with Crippen LogP contribution < -0.4 is 10.6 Å². The van der Waals surface area contributed by atoms with Crippen molar-refractivity contribution in [2.24, 2.45) is 0 Å². The number of halogens is 1. The number of benzene rings is 1. The first-order chi connectivity index (χ1) is 15.7. The van der Waals surface area contributed by atoms with Gasteiger partial charge in [-0.1, -0.05) is 31.4 Å². The Hall–Kier alpha value is -2.78. The maximum Gasteiger partial charge on any atom is 0.407 e. The fourth-order valence-corrected chi connectivity index (χ4v) is 4.68. The first-order valence-corrected chi connectivity index (χ1v) is 11.2. The Labute approximate surface area is 185 Å². The summed E-state index contributed by atoms with van der Waals surface area (Å²) in [7, 11) is 0. The van der Waals surface area contributed by atoms with Gasteiger partial charge in [0.15, 0.2) is 6.10 Å². The smallest absolute Gasteiger partial charge is 0.407 e. The summed E-state index contributed by atoms with van der Waals surface area (Å²) in [4.78, 5) is 21.1. The molecule has 170 valence electrons. The zero-order valence-electron chi connectivity index (χ0n) is 17.7. The summed E-state index contributed by atoms with van der Waals surface area (Å²) < 4.78 is 31.0. The molecule has 2 N–H and O–H groups in total. The van der Waals surface area contributed by atoms with Gasteiger partial charge in [-0.05, 0) is 31.0 Å². The number of aromatic nitrogens is 2. The predicted molar refractivity (Wildman–Crippen MR) is 115 cm³/mol. The van der Waals surface area contributed by atoms with Crippen molar-refractivity contribution in [3.63, 3.8) is 0 Å². The number of carbonyl (C=O) groups excluding carboxylic acids is 1. The molecule has 2 saturated heterocycles. The SMILES string of the molecule is O=C(NC1CCCCC1)O[C@@H]1CO[C@H]2[C@@H]1OC[C@@H]2Nc1nccc(-c2cccc(F)c2)n1. The van der Waals surface area contributed by atoms with Gasteiger partial charge in [0.25, 0.3) is 0 Å². The lowest BCUT2D eigenvalue weighted by atomic mass is 9.96. The van der Waals surface area contributed by atoms with Crippen molar-refractivity contribution < 1.29 is 23.4 Å². The third-order valence-electron chi connectivity index (χ3n) is 6.28. The molecule has 0 radical (unpaired) electrons. The highest BCUT2D eigenvalue weighted by Crippen LogP contribution is 2.31. The Balaban J connectivity index is 1.18. The van der Waals surface area contributed by atoms with Crippen LogP contribution in [0.5, 0.6) is 0 Å². The summed E-state index contributed by atoms with van der Waals surface area (Å²) in [6, 6.07) is 8.01. The molecule has 4 atom stereocenters. The van der Waals surface area contributed by atoms with E-state index in [-0.39, 0.29) is 36.7 Å². The van der Waals surface area contributed by atoms with E-state index in [1.54, 1.807) is 24.4 Å². The summed E-state index contributed by atoms with van der Waals surface area (Å²) in [6.07, 6.45) is 5.67. The molecule has 1 aliphatic carbocycles. The van der Waals surface area contributed by atoms with E-state index >= 15 is 0 Å². The van der Waals surface area contributed by atoms with E-state index in [0.29, 0.717) is 23.8 Å². The molecule has 2 aromatic rings. The van der Waals surface area contributed by atoms with Crippen LogP contribution >= 0.6 is 0 Å².